The molecule has 2 N–H and O–H groups in total. The molecule has 0 saturated carbocycles. The molecule has 1 amide bonds. The van der Waals surface area contributed by atoms with Crippen molar-refractivity contribution in [3.63, 3.8) is 0 Å². The van der Waals surface area contributed by atoms with Crippen LogP contribution in [0.3, 0.4) is 0 Å². The largest absolute Gasteiger partial charge is 0.342 e. The predicted molar refractivity (Wildman–Crippen MR) is 68.6 cm³/mol. The predicted octanol–water partition coefficient (Wildman–Crippen LogP) is 0.670. The van der Waals surface area contributed by atoms with Gasteiger partial charge in [-0.05, 0) is 44.7 Å². The topological polar surface area (TPSA) is 49.6 Å². The Balaban J connectivity index is 1.72. The third-order valence-corrected chi connectivity index (χ3v) is 4.05. The van der Waals surface area contributed by atoms with Crippen LogP contribution in [0.5, 0.6) is 0 Å². The second-order valence-corrected chi connectivity index (χ2v) is 5.37. The van der Waals surface area contributed by atoms with E-state index in [1.165, 1.54) is 19.3 Å². The number of hydrogen-bond donors (Lipinski definition) is 1. The Morgan fingerprint density at radius 1 is 1.18 bits per heavy atom. The first-order valence-electron chi connectivity index (χ1n) is 7.00. The van der Waals surface area contributed by atoms with Gasteiger partial charge in [-0.3, -0.25) is 4.79 Å². The van der Waals surface area contributed by atoms with Crippen molar-refractivity contribution in [2.24, 2.45) is 11.7 Å². The molecule has 2 fully saturated rings. The Morgan fingerprint density at radius 3 is 2.59 bits per heavy atom. The summed E-state index contributed by atoms with van der Waals surface area (Å²) in [6.07, 6.45) is 5.50. The minimum Gasteiger partial charge on any atom is -0.342 e. The third-order valence-electron chi connectivity index (χ3n) is 4.05. The first-order valence-corrected chi connectivity index (χ1v) is 7.00. The van der Waals surface area contributed by atoms with Crippen LogP contribution in [0.2, 0.25) is 0 Å². The Kier molecular flexibility index (Phi) is 4.80. The molecule has 0 atom stereocenters. The summed E-state index contributed by atoms with van der Waals surface area (Å²) in [5.41, 5.74) is 5.57. The molecule has 17 heavy (non-hydrogen) atoms. The summed E-state index contributed by atoms with van der Waals surface area (Å²) < 4.78 is 0. The van der Waals surface area contributed by atoms with E-state index < -0.39 is 0 Å². The first-order chi connectivity index (χ1) is 8.29. The second-order valence-electron chi connectivity index (χ2n) is 5.37. The lowest BCUT2D eigenvalue weighted by atomic mass is 9.95. The molecule has 0 unspecified atom stereocenters. The third kappa shape index (κ3) is 3.68. The van der Waals surface area contributed by atoms with Gasteiger partial charge in [-0.25, -0.2) is 0 Å². The molecule has 0 aromatic rings. The highest BCUT2D eigenvalue weighted by molar-refractivity contribution is 5.76. The molecule has 98 valence electrons. The van der Waals surface area contributed by atoms with Gasteiger partial charge < -0.3 is 15.5 Å². The Bertz CT molecular complexity index is 249. The van der Waals surface area contributed by atoms with Crippen LogP contribution in [0.25, 0.3) is 0 Å². The molecular weight excluding hydrogens is 214 g/mol. The summed E-state index contributed by atoms with van der Waals surface area (Å²) in [6.45, 7) is 6.08. The Hall–Kier alpha value is -0.610. The summed E-state index contributed by atoms with van der Waals surface area (Å²) in [5.74, 6) is 1.09. The highest BCUT2D eigenvalue weighted by atomic mass is 16.2. The van der Waals surface area contributed by atoms with Crippen LogP contribution in [0, 0.1) is 5.92 Å². The van der Waals surface area contributed by atoms with Gasteiger partial charge in [0.05, 0.1) is 0 Å². The Morgan fingerprint density at radius 2 is 1.94 bits per heavy atom. The van der Waals surface area contributed by atoms with Crippen molar-refractivity contribution in [2.75, 3.05) is 39.3 Å². The molecule has 0 aromatic carbocycles. The van der Waals surface area contributed by atoms with Gasteiger partial charge >= 0.3 is 0 Å². The van der Waals surface area contributed by atoms with Gasteiger partial charge in [0.15, 0.2) is 0 Å². The molecule has 0 aromatic heterocycles. The highest BCUT2D eigenvalue weighted by Crippen LogP contribution is 2.20. The molecule has 2 aliphatic rings. The molecular formula is C13H25N3O. The van der Waals surface area contributed by atoms with Crippen molar-refractivity contribution in [3.8, 4) is 0 Å². The smallest absolute Gasteiger partial charge is 0.222 e. The fraction of sp³-hybridized carbons (Fsp3) is 0.923. The standard InChI is InChI=1S/C13H25N3O/c14-6-10-15-8-4-12(5-9-15)11-16-7-2-1-3-13(16)17/h12H,1-11,14H2. The van der Waals surface area contributed by atoms with Crippen molar-refractivity contribution in [2.45, 2.75) is 32.1 Å². The van der Waals surface area contributed by atoms with E-state index in [0.717, 1.165) is 52.1 Å². The summed E-state index contributed by atoms with van der Waals surface area (Å²) in [5, 5.41) is 0. The van der Waals surface area contributed by atoms with Crippen LogP contribution >= 0.6 is 0 Å². The Labute approximate surface area is 104 Å². The average Bonchev–Trinajstić information content (AvgIpc) is 2.35. The maximum Gasteiger partial charge on any atom is 0.222 e. The number of nitrogens with zero attached hydrogens (tertiary/aromatic N) is 2. The van der Waals surface area contributed by atoms with Gasteiger partial charge in [-0.15, -0.1) is 0 Å². The van der Waals surface area contributed by atoms with Gasteiger partial charge in [0.25, 0.3) is 0 Å². The van der Waals surface area contributed by atoms with E-state index in [0.29, 0.717) is 11.8 Å². The first kappa shape index (κ1) is 12.8. The van der Waals surface area contributed by atoms with Crippen LogP contribution in [-0.4, -0.2) is 55.0 Å². The zero-order chi connectivity index (χ0) is 12.1. The summed E-state index contributed by atoms with van der Waals surface area (Å²) in [6, 6.07) is 0. The molecule has 0 radical (unpaired) electrons. The van der Waals surface area contributed by atoms with E-state index in [2.05, 4.69) is 9.80 Å². The lowest BCUT2D eigenvalue weighted by molar-refractivity contribution is -0.134. The lowest BCUT2D eigenvalue weighted by Gasteiger charge is -2.36. The van der Waals surface area contributed by atoms with E-state index in [9.17, 15) is 4.79 Å². The van der Waals surface area contributed by atoms with E-state index in [4.69, 9.17) is 5.73 Å². The SMILES string of the molecule is NCCN1CCC(CN2CCCCC2=O)CC1. The molecule has 4 nitrogen and oxygen atoms in total. The van der Waals surface area contributed by atoms with Crippen molar-refractivity contribution in [1.82, 2.24) is 9.80 Å². The van der Waals surface area contributed by atoms with Gasteiger partial charge in [-0.1, -0.05) is 0 Å². The molecule has 2 aliphatic heterocycles. The summed E-state index contributed by atoms with van der Waals surface area (Å²) in [7, 11) is 0. The van der Waals surface area contributed by atoms with Crippen LogP contribution in [-0.2, 0) is 4.79 Å². The number of hydrogen-bond acceptors (Lipinski definition) is 3. The fourth-order valence-electron chi connectivity index (χ4n) is 2.94. The van der Waals surface area contributed by atoms with Gasteiger partial charge in [-0.2, -0.15) is 0 Å². The van der Waals surface area contributed by atoms with Crippen molar-refractivity contribution < 1.29 is 4.79 Å². The lowest BCUT2D eigenvalue weighted by Crippen LogP contribution is -2.43. The number of likely N-dealkylation sites (tertiary alicyclic amines) is 2. The number of amides is 1. The van der Waals surface area contributed by atoms with Crippen molar-refractivity contribution >= 4 is 5.91 Å². The molecule has 2 heterocycles. The highest BCUT2D eigenvalue weighted by Gasteiger charge is 2.24. The summed E-state index contributed by atoms with van der Waals surface area (Å²) in [4.78, 5) is 16.3. The van der Waals surface area contributed by atoms with Gasteiger partial charge in [0.1, 0.15) is 0 Å². The van der Waals surface area contributed by atoms with Gasteiger partial charge in [0, 0.05) is 32.6 Å². The quantitative estimate of drug-likeness (QED) is 0.784. The summed E-state index contributed by atoms with van der Waals surface area (Å²) >= 11 is 0. The monoisotopic (exact) mass is 239 g/mol. The zero-order valence-electron chi connectivity index (χ0n) is 10.7. The second kappa shape index (κ2) is 6.36. The molecule has 0 aliphatic carbocycles. The van der Waals surface area contributed by atoms with E-state index in [1.54, 1.807) is 0 Å². The number of rotatable bonds is 4. The molecule has 0 spiro atoms. The van der Waals surface area contributed by atoms with Crippen LogP contribution in [0.4, 0.5) is 0 Å². The molecule has 4 heteroatoms. The molecule has 0 bridgehead atoms. The van der Waals surface area contributed by atoms with Crippen LogP contribution in [0.1, 0.15) is 32.1 Å². The number of nitrogens with two attached hydrogens (primary N) is 1. The van der Waals surface area contributed by atoms with Crippen molar-refractivity contribution in [1.29, 1.82) is 0 Å². The normalized spacial score (nSPS) is 24.3. The minimum absolute atomic E-state index is 0.376. The van der Waals surface area contributed by atoms with E-state index in [-0.39, 0.29) is 0 Å². The molecule has 2 rings (SSSR count). The van der Waals surface area contributed by atoms with Crippen LogP contribution in [0.15, 0.2) is 0 Å². The number of carbonyl (C=O) groups is 1. The molecule has 2 saturated heterocycles. The van der Waals surface area contributed by atoms with E-state index >= 15 is 0 Å². The van der Waals surface area contributed by atoms with Crippen LogP contribution < -0.4 is 5.73 Å². The van der Waals surface area contributed by atoms with Crippen molar-refractivity contribution in [3.05, 3.63) is 0 Å². The maximum absolute atomic E-state index is 11.7. The van der Waals surface area contributed by atoms with Gasteiger partial charge in [0.2, 0.25) is 5.91 Å². The number of piperidine rings is 2. The zero-order valence-corrected chi connectivity index (χ0v) is 10.7. The van der Waals surface area contributed by atoms with E-state index in [1.807, 2.05) is 0 Å². The fourth-order valence-corrected chi connectivity index (χ4v) is 2.94. The average molecular weight is 239 g/mol. The number of carbonyl (C=O) groups excluding carboxylic acids is 1. The minimum atomic E-state index is 0.376. The maximum atomic E-state index is 11.7.